The molecule has 1 aromatic carbocycles. The van der Waals surface area contributed by atoms with Crippen LogP contribution in [0.25, 0.3) is 12.7 Å². The van der Waals surface area contributed by atoms with E-state index < -0.39 is 5.91 Å². The van der Waals surface area contributed by atoms with Crippen LogP contribution in [-0.2, 0) is 15.1 Å². The predicted molar refractivity (Wildman–Crippen MR) is 198 cm³/mol. The van der Waals surface area contributed by atoms with Crippen molar-refractivity contribution >= 4 is 37.9 Å². The van der Waals surface area contributed by atoms with Crippen molar-refractivity contribution in [2.45, 2.75) is 104 Å². The summed E-state index contributed by atoms with van der Waals surface area (Å²) in [6, 6.07) is 4.26. The van der Waals surface area contributed by atoms with Crippen LogP contribution in [-0.4, -0.2) is 66.1 Å². The Balaban J connectivity index is 0.000000624. The number of hydrogen-bond donors (Lipinski definition) is 4. The number of hydrogen-bond acceptors (Lipinski definition) is 6. The second kappa shape index (κ2) is 23.4. The third-order valence-electron chi connectivity index (χ3n) is 7.74. The fraction of sp³-hybridized carbons (Fsp3) is 0.605. The van der Waals surface area contributed by atoms with Crippen molar-refractivity contribution in [2.24, 2.45) is 5.92 Å². The van der Waals surface area contributed by atoms with Gasteiger partial charge >= 0.3 is 191 Å². The van der Waals surface area contributed by atoms with Gasteiger partial charge in [0.2, 0.25) is 0 Å². The Morgan fingerprint density at radius 1 is 1.13 bits per heavy atom. The van der Waals surface area contributed by atoms with E-state index >= 15 is 0 Å². The van der Waals surface area contributed by atoms with E-state index in [9.17, 15) is 9.59 Å². The van der Waals surface area contributed by atoms with Gasteiger partial charge in [-0.3, -0.25) is 0 Å². The van der Waals surface area contributed by atoms with Crippen LogP contribution >= 0.6 is 0 Å². The Hall–Kier alpha value is -2.97. The van der Waals surface area contributed by atoms with Gasteiger partial charge in [0.15, 0.2) is 0 Å². The van der Waals surface area contributed by atoms with Crippen LogP contribution in [0.15, 0.2) is 35.4 Å². The molecule has 0 atom stereocenters. The number of rotatable bonds is 11. The summed E-state index contributed by atoms with van der Waals surface area (Å²) in [5.74, 6) is 1.24. The van der Waals surface area contributed by atoms with Gasteiger partial charge in [0.05, 0.1) is 0 Å². The van der Waals surface area contributed by atoms with Crippen molar-refractivity contribution < 1.29 is 14.3 Å². The fourth-order valence-electron chi connectivity index (χ4n) is 4.45. The molecule has 8 heteroatoms. The van der Waals surface area contributed by atoms with Crippen LogP contribution in [0, 0.1) is 5.92 Å². The number of allylic oxidation sites excluding steroid dienone is 2. The van der Waals surface area contributed by atoms with E-state index in [1.807, 2.05) is 14.1 Å². The molecule has 1 heterocycles. The van der Waals surface area contributed by atoms with E-state index in [0.717, 1.165) is 83.8 Å². The fourth-order valence-corrected chi connectivity index (χ4v) is 4.45. The molecule has 3 aliphatic carbocycles. The van der Waals surface area contributed by atoms with E-state index in [1.165, 1.54) is 38.8 Å². The number of unbranched alkanes of at least 4 members (excludes halogenated alkanes) is 2. The summed E-state index contributed by atoms with van der Waals surface area (Å²) in [5, 5.41) is 14.0. The summed E-state index contributed by atoms with van der Waals surface area (Å²) < 4.78 is 5.62. The van der Waals surface area contributed by atoms with Crippen LogP contribution in [0.1, 0.15) is 104 Å². The number of carbonyl (C=O) groups is 2. The molecule has 1 saturated heterocycles. The Labute approximate surface area is 280 Å². The summed E-state index contributed by atoms with van der Waals surface area (Å²) in [4.78, 5) is 22.0. The first-order valence-electron chi connectivity index (χ1n) is 17.4. The molecule has 1 radical (unpaired) electrons. The molecule has 1 amide bonds. The number of carbonyl (C=O) groups excluding carboxylic acids is 2. The Morgan fingerprint density at radius 2 is 1.70 bits per heavy atom. The summed E-state index contributed by atoms with van der Waals surface area (Å²) in [7, 11) is 12.0. The first kappa shape index (κ1) is 41.1. The zero-order valence-corrected chi connectivity index (χ0v) is 30.0. The summed E-state index contributed by atoms with van der Waals surface area (Å²) in [6.07, 6.45) is 19.3. The molecule has 255 valence electrons. The SMILES string of the molecule is C1CNC1.CC1CC1.CCC.CNC.[B]=C(NC1(c2cc(OC)c(=C)/c(=C\CCCC)c2)CC1)C1=CCCC=C1CNC(=O)C=O. The normalized spacial score (nSPS) is 17.0. The zero-order chi connectivity index (χ0) is 34.4. The first-order chi connectivity index (χ1) is 22.2. The maximum atomic E-state index is 11.4. The van der Waals surface area contributed by atoms with Crippen LogP contribution in [0.2, 0.25) is 0 Å². The molecule has 4 N–H and O–H groups in total. The third kappa shape index (κ3) is 15.6. The van der Waals surface area contributed by atoms with Crippen molar-refractivity contribution in [3.63, 3.8) is 0 Å². The number of aldehydes is 1. The van der Waals surface area contributed by atoms with Crippen LogP contribution in [0.5, 0.6) is 5.75 Å². The molecule has 1 aliphatic heterocycles. The average molecular weight is 634 g/mol. The number of ether oxygens (including phenoxy) is 1. The van der Waals surface area contributed by atoms with Gasteiger partial charge in [-0.15, -0.1) is 0 Å². The molecule has 5 rings (SSSR count). The van der Waals surface area contributed by atoms with Gasteiger partial charge in [0.25, 0.3) is 0 Å². The predicted octanol–water partition coefficient (Wildman–Crippen LogP) is 4.56. The van der Waals surface area contributed by atoms with Gasteiger partial charge in [0, 0.05) is 0 Å². The van der Waals surface area contributed by atoms with Gasteiger partial charge in [-0.05, 0) is 39.5 Å². The number of methoxy groups -OCH3 is 1. The maximum absolute atomic E-state index is 11.4. The van der Waals surface area contributed by atoms with Crippen LogP contribution < -0.4 is 36.4 Å². The minimum atomic E-state index is -0.631. The Kier molecular flexibility index (Phi) is 20.9. The van der Waals surface area contributed by atoms with Gasteiger partial charge < -0.3 is 10.6 Å². The van der Waals surface area contributed by atoms with E-state index in [4.69, 9.17) is 12.2 Å². The van der Waals surface area contributed by atoms with Crippen LogP contribution in [0.3, 0.4) is 0 Å². The van der Waals surface area contributed by atoms with Crippen molar-refractivity contribution in [1.82, 2.24) is 21.3 Å². The third-order valence-corrected chi connectivity index (χ3v) is 7.74. The van der Waals surface area contributed by atoms with Gasteiger partial charge in [-0.2, -0.15) is 0 Å². The van der Waals surface area contributed by atoms with Gasteiger partial charge in [-0.25, -0.2) is 0 Å². The molecule has 0 aromatic heterocycles. The summed E-state index contributed by atoms with van der Waals surface area (Å²) >= 11 is 0. The van der Waals surface area contributed by atoms with Gasteiger partial charge in [0.1, 0.15) is 0 Å². The molecular formula is C38H62BN4O3. The van der Waals surface area contributed by atoms with E-state index in [1.54, 1.807) is 7.11 Å². The second-order valence-electron chi connectivity index (χ2n) is 12.5. The van der Waals surface area contributed by atoms with Crippen molar-refractivity contribution in [1.29, 1.82) is 0 Å². The quantitative estimate of drug-likeness (QED) is 0.124. The molecule has 0 spiro atoms. The van der Waals surface area contributed by atoms with E-state index in [0.29, 0.717) is 5.59 Å². The Morgan fingerprint density at radius 3 is 2.15 bits per heavy atom. The van der Waals surface area contributed by atoms with Crippen LogP contribution in [0.4, 0.5) is 0 Å². The van der Waals surface area contributed by atoms with Crippen molar-refractivity contribution in [2.75, 3.05) is 40.8 Å². The monoisotopic (exact) mass is 633 g/mol. The van der Waals surface area contributed by atoms with Crippen molar-refractivity contribution in [3.05, 3.63) is 51.4 Å². The molecule has 3 fully saturated rings. The molecular weight excluding hydrogens is 571 g/mol. The number of nitrogens with one attached hydrogen (secondary N) is 4. The molecule has 7 nitrogen and oxygen atoms in total. The van der Waals surface area contributed by atoms with E-state index in [2.05, 4.69) is 85.9 Å². The molecule has 46 heavy (non-hydrogen) atoms. The first-order valence-corrected chi connectivity index (χ1v) is 17.4. The average Bonchev–Trinajstić information content (AvgIpc) is 3.96. The summed E-state index contributed by atoms with van der Waals surface area (Å²) in [6.45, 7) is 15.7. The molecule has 0 unspecified atom stereocenters. The standard InChI is InChI=1S/C26H32BN2O3.C4H8.C3H7N.C3H8.C2H7N/c1-4-5-6-9-19-14-21(15-23(32-3)18(19)2)26(12-13-26)29-25(27)22-11-8-7-10-20(22)16-28-24(31)17-30;1-4-2-3-4;1-2-4-3-1;2*1-3-2/h9-11,14-15,17,29H,2,4-8,12-13,16H2,1,3H3,(H,28,31);4H,2-3H2,1H3;4H,1-3H2;3H2,1-2H3;3H,1-2H3/b19-9-;;;;. The molecule has 4 aliphatic rings. The molecule has 2 saturated carbocycles. The zero-order valence-electron chi connectivity index (χ0n) is 30.0. The molecule has 1 aromatic rings. The minimum absolute atomic E-state index is 0.242. The van der Waals surface area contributed by atoms with Crippen molar-refractivity contribution in [3.8, 4) is 5.75 Å². The van der Waals surface area contributed by atoms with Gasteiger partial charge in [-0.1, -0.05) is 40.0 Å². The second-order valence-corrected chi connectivity index (χ2v) is 12.5. The molecule has 0 bridgehead atoms. The topological polar surface area (TPSA) is 91.5 Å². The Bertz CT molecular complexity index is 1240. The van der Waals surface area contributed by atoms with E-state index in [-0.39, 0.29) is 18.4 Å². The number of benzene rings is 1. The number of amides is 1. The summed E-state index contributed by atoms with van der Waals surface area (Å²) in [5.41, 5.74) is 3.30.